The molecule has 0 atom stereocenters. The van der Waals surface area contributed by atoms with Gasteiger partial charge in [0.15, 0.2) is 5.58 Å². The Morgan fingerprint density at radius 3 is 1.74 bits per heavy atom. The summed E-state index contributed by atoms with van der Waals surface area (Å²) in [5, 5.41) is 2.88. The quantitative estimate of drug-likeness (QED) is 0.168. The third-order valence-electron chi connectivity index (χ3n) is 12.5. The lowest BCUT2D eigenvalue weighted by atomic mass is 9.79. The molecule has 0 radical (unpaired) electrons. The van der Waals surface area contributed by atoms with Gasteiger partial charge in [0.25, 0.3) is 0 Å². The molecule has 4 heterocycles. The zero-order chi connectivity index (χ0) is 42.5. The Morgan fingerprint density at radius 2 is 1.10 bits per heavy atom. The van der Waals surface area contributed by atoms with Crippen LogP contribution in [0.25, 0.3) is 94.5 Å². The number of imidazole rings is 1. The second-order valence-corrected chi connectivity index (χ2v) is 19.5. The fraction of sp³-hybridized carbons (Fsp3) is 0.250. The number of hydrogen-bond donors (Lipinski definition) is 0. The van der Waals surface area contributed by atoms with E-state index in [4.69, 9.17) is 18.8 Å². The van der Waals surface area contributed by atoms with Gasteiger partial charge in [-0.2, -0.15) is 0 Å². The number of pyridine rings is 1. The van der Waals surface area contributed by atoms with Crippen LogP contribution in [0.15, 0.2) is 136 Å². The molecule has 61 heavy (non-hydrogen) atoms. The first-order valence-corrected chi connectivity index (χ1v) is 21.7. The molecule has 10 rings (SSSR count). The summed E-state index contributed by atoms with van der Waals surface area (Å²) in [7, 11) is 0. The number of rotatable bonds is 6. The molecule has 0 unspecified atom stereocenters. The molecule has 4 aromatic heterocycles. The van der Waals surface area contributed by atoms with Crippen LogP contribution < -0.4 is 0 Å². The van der Waals surface area contributed by atoms with Crippen molar-refractivity contribution < 1.29 is 8.83 Å². The lowest BCUT2D eigenvalue weighted by molar-refractivity contribution is 0.569. The molecular formula is C56H53N3O2. The van der Waals surface area contributed by atoms with E-state index in [9.17, 15) is 0 Å². The smallest absolute Gasteiger partial charge is 0.228 e. The minimum Gasteiger partial charge on any atom is -0.454 e. The zero-order valence-electron chi connectivity index (χ0n) is 36.9. The number of para-hydroxylation sites is 4. The predicted molar refractivity (Wildman–Crippen MR) is 255 cm³/mol. The van der Waals surface area contributed by atoms with Crippen molar-refractivity contribution in [2.45, 2.75) is 91.9 Å². The second-order valence-electron chi connectivity index (χ2n) is 19.5. The Bertz CT molecular complexity index is 3260. The highest BCUT2D eigenvalue weighted by Gasteiger charge is 2.27. The molecule has 0 spiro atoms. The van der Waals surface area contributed by atoms with Crippen LogP contribution in [-0.2, 0) is 10.8 Å². The average molecular weight is 800 g/mol. The van der Waals surface area contributed by atoms with Gasteiger partial charge in [0.2, 0.25) is 5.71 Å². The number of hydrogen-bond acceptors (Lipinski definition) is 4. The molecule has 0 fully saturated rings. The second kappa shape index (κ2) is 14.1. The first-order chi connectivity index (χ1) is 29.1. The maximum atomic E-state index is 6.77. The van der Waals surface area contributed by atoms with Gasteiger partial charge >= 0.3 is 0 Å². The fourth-order valence-corrected chi connectivity index (χ4v) is 8.95. The monoisotopic (exact) mass is 799 g/mol. The van der Waals surface area contributed by atoms with Crippen molar-refractivity contribution in [3.8, 4) is 39.3 Å². The summed E-state index contributed by atoms with van der Waals surface area (Å²) in [6, 6.07) is 46.0. The SMILES string of the molecule is CC(C)c1cc(-c2ccc(-c3cc(C(C)(C)C)cc(C(C)(C)C)c3)cc2)cc(C(C)C)c1-n1c(-c2cccc3c2oc2nc4c(cc23)oc2ccccc24)nc2ccccc21. The molecule has 0 aliphatic carbocycles. The Kier molecular flexibility index (Phi) is 8.92. The number of furan rings is 2. The molecule has 0 N–H and O–H groups in total. The van der Waals surface area contributed by atoms with Gasteiger partial charge < -0.3 is 8.83 Å². The number of aromatic nitrogens is 3. The largest absolute Gasteiger partial charge is 0.454 e. The van der Waals surface area contributed by atoms with Gasteiger partial charge in [-0.05, 0) is 116 Å². The Balaban J connectivity index is 1.14. The van der Waals surface area contributed by atoms with Gasteiger partial charge in [0, 0.05) is 10.8 Å². The van der Waals surface area contributed by atoms with E-state index >= 15 is 0 Å². The van der Waals surface area contributed by atoms with Gasteiger partial charge in [-0.15, -0.1) is 0 Å². The van der Waals surface area contributed by atoms with E-state index in [1.807, 2.05) is 24.3 Å². The molecule has 0 aliphatic rings. The Labute approximate surface area is 358 Å². The molecule has 304 valence electrons. The van der Waals surface area contributed by atoms with Crippen LogP contribution in [0.5, 0.6) is 0 Å². The van der Waals surface area contributed by atoms with Crippen molar-refractivity contribution in [1.29, 1.82) is 0 Å². The van der Waals surface area contributed by atoms with E-state index in [1.54, 1.807) is 0 Å². The highest BCUT2D eigenvalue weighted by Crippen LogP contribution is 2.44. The molecule has 6 aromatic carbocycles. The summed E-state index contributed by atoms with van der Waals surface area (Å²) >= 11 is 0. The third kappa shape index (κ3) is 6.53. The average Bonchev–Trinajstić information content (AvgIpc) is 3.92. The molecular weight excluding hydrogens is 747 g/mol. The number of nitrogens with zero attached hydrogens (tertiary/aromatic N) is 3. The molecule has 10 aromatic rings. The normalized spacial score (nSPS) is 12.7. The van der Waals surface area contributed by atoms with Gasteiger partial charge in [0.05, 0.1) is 27.7 Å². The predicted octanol–water partition coefficient (Wildman–Crippen LogP) is 16.1. The van der Waals surface area contributed by atoms with E-state index in [0.717, 1.165) is 60.8 Å². The van der Waals surface area contributed by atoms with Gasteiger partial charge in [-0.3, -0.25) is 4.57 Å². The number of fused-ring (bicyclic) bond motifs is 7. The Morgan fingerprint density at radius 1 is 0.508 bits per heavy atom. The standard InChI is InChI=1S/C56H53N3O2/c1-32(2)43-28-37(35-24-22-34(23-25-35)36-26-38(55(5,6)7)30-39(27-36)56(8,9)10)29-44(33(3)4)51(43)59-47-20-13-12-19-46(47)57-53(59)42-18-15-17-40-45-31-49-50(58-54(45)61-52(40)42)41-16-11-14-21-48(41)60-49/h11-33H,1-10H3. The van der Waals surface area contributed by atoms with E-state index < -0.39 is 0 Å². The lowest BCUT2D eigenvalue weighted by Gasteiger charge is -2.26. The molecule has 5 nitrogen and oxygen atoms in total. The fourth-order valence-electron chi connectivity index (χ4n) is 8.95. The van der Waals surface area contributed by atoms with Crippen LogP contribution in [0.2, 0.25) is 0 Å². The third-order valence-corrected chi connectivity index (χ3v) is 12.5. The summed E-state index contributed by atoms with van der Waals surface area (Å²) in [5.74, 6) is 1.30. The molecule has 0 saturated carbocycles. The number of benzene rings is 6. The van der Waals surface area contributed by atoms with Crippen LogP contribution in [0.3, 0.4) is 0 Å². The van der Waals surface area contributed by atoms with Crippen molar-refractivity contribution in [2.24, 2.45) is 0 Å². The van der Waals surface area contributed by atoms with Crippen LogP contribution in [0, 0.1) is 0 Å². The zero-order valence-corrected chi connectivity index (χ0v) is 36.9. The van der Waals surface area contributed by atoms with Crippen LogP contribution in [0.1, 0.15) is 103 Å². The van der Waals surface area contributed by atoms with Gasteiger partial charge in [-0.25, -0.2) is 9.97 Å². The van der Waals surface area contributed by atoms with Crippen molar-refractivity contribution in [3.05, 3.63) is 150 Å². The van der Waals surface area contributed by atoms with Crippen molar-refractivity contribution in [3.63, 3.8) is 0 Å². The van der Waals surface area contributed by atoms with Gasteiger partial charge in [0.1, 0.15) is 22.5 Å². The van der Waals surface area contributed by atoms with Gasteiger partial charge in [-0.1, -0.05) is 148 Å². The summed E-state index contributed by atoms with van der Waals surface area (Å²) in [6.07, 6.45) is 0. The maximum absolute atomic E-state index is 6.77. The van der Waals surface area contributed by atoms with E-state index in [0.29, 0.717) is 5.71 Å². The highest BCUT2D eigenvalue weighted by molar-refractivity contribution is 6.13. The molecule has 0 amide bonds. The van der Waals surface area contributed by atoms with E-state index in [1.165, 1.54) is 50.2 Å². The van der Waals surface area contributed by atoms with Crippen LogP contribution >= 0.6 is 0 Å². The lowest BCUT2D eigenvalue weighted by Crippen LogP contribution is -2.16. The first kappa shape index (κ1) is 38.7. The molecule has 5 heteroatoms. The van der Waals surface area contributed by atoms with Crippen molar-refractivity contribution >= 4 is 55.2 Å². The summed E-state index contributed by atoms with van der Waals surface area (Å²) in [6.45, 7) is 23.0. The maximum Gasteiger partial charge on any atom is 0.228 e. The summed E-state index contributed by atoms with van der Waals surface area (Å²) < 4.78 is 15.4. The first-order valence-electron chi connectivity index (χ1n) is 21.7. The molecule has 0 bridgehead atoms. The van der Waals surface area contributed by atoms with Crippen molar-refractivity contribution in [1.82, 2.24) is 14.5 Å². The van der Waals surface area contributed by atoms with Crippen LogP contribution in [-0.4, -0.2) is 14.5 Å². The van der Waals surface area contributed by atoms with E-state index in [-0.39, 0.29) is 22.7 Å². The van der Waals surface area contributed by atoms with Crippen LogP contribution in [0.4, 0.5) is 0 Å². The highest BCUT2D eigenvalue weighted by atomic mass is 16.3. The molecule has 0 aliphatic heterocycles. The topological polar surface area (TPSA) is 57.0 Å². The summed E-state index contributed by atoms with van der Waals surface area (Å²) in [4.78, 5) is 10.4. The van der Waals surface area contributed by atoms with Crippen molar-refractivity contribution in [2.75, 3.05) is 0 Å². The summed E-state index contributed by atoms with van der Waals surface area (Å²) in [5.41, 5.74) is 18.1. The molecule has 0 saturated heterocycles. The minimum absolute atomic E-state index is 0.0530. The minimum atomic E-state index is 0.0530. The van der Waals surface area contributed by atoms with E-state index in [2.05, 4.69) is 177 Å². The Hall–Kier alpha value is -6.46.